The van der Waals surface area contributed by atoms with Gasteiger partial charge in [-0.05, 0) is 17.7 Å². The van der Waals surface area contributed by atoms with Crippen LogP contribution in [-0.2, 0) is 11.4 Å². The van der Waals surface area contributed by atoms with E-state index in [4.69, 9.17) is 4.84 Å². The van der Waals surface area contributed by atoms with Crippen LogP contribution in [0.3, 0.4) is 0 Å². The molecule has 6 heteroatoms. The van der Waals surface area contributed by atoms with E-state index in [1.165, 1.54) is 30.5 Å². The van der Waals surface area contributed by atoms with Crippen LogP contribution in [0.2, 0.25) is 0 Å². The van der Waals surface area contributed by atoms with Gasteiger partial charge in [0.2, 0.25) is 0 Å². The van der Waals surface area contributed by atoms with Crippen LogP contribution in [0.15, 0.2) is 53.7 Å². The average molecular weight is 274 g/mol. The Bertz CT molecular complexity index is 644. The first kappa shape index (κ1) is 13.7. The van der Waals surface area contributed by atoms with E-state index in [1.807, 2.05) is 0 Å². The lowest BCUT2D eigenvalue weighted by Crippen LogP contribution is -1.91. The molecule has 2 aromatic rings. The second-order valence-corrected chi connectivity index (χ2v) is 3.99. The monoisotopic (exact) mass is 274 g/mol. The largest absolute Gasteiger partial charge is 0.391 e. The van der Waals surface area contributed by atoms with Crippen LogP contribution in [0.4, 0.5) is 10.1 Å². The van der Waals surface area contributed by atoms with Crippen LogP contribution in [0.25, 0.3) is 0 Å². The number of nitro benzene ring substituents is 1. The van der Waals surface area contributed by atoms with Gasteiger partial charge in [-0.15, -0.1) is 0 Å². The molecular weight excluding hydrogens is 263 g/mol. The molecule has 0 N–H and O–H groups in total. The Morgan fingerprint density at radius 2 is 2.05 bits per heavy atom. The van der Waals surface area contributed by atoms with Gasteiger partial charge in [-0.25, -0.2) is 4.39 Å². The van der Waals surface area contributed by atoms with Gasteiger partial charge in [0, 0.05) is 17.7 Å². The third-order valence-electron chi connectivity index (χ3n) is 2.48. The van der Waals surface area contributed by atoms with Gasteiger partial charge < -0.3 is 4.84 Å². The van der Waals surface area contributed by atoms with E-state index < -0.39 is 4.92 Å². The second-order valence-electron chi connectivity index (χ2n) is 3.99. The van der Waals surface area contributed by atoms with Crippen molar-refractivity contribution in [1.29, 1.82) is 0 Å². The fourth-order valence-electron chi connectivity index (χ4n) is 1.56. The van der Waals surface area contributed by atoms with Gasteiger partial charge in [0.15, 0.2) is 0 Å². The molecule has 0 bridgehead atoms. The third-order valence-corrected chi connectivity index (χ3v) is 2.48. The molecule has 2 aromatic carbocycles. The number of halogens is 1. The minimum atomic E-state index is -0.481. The van der Waals surface area contributed by atoms with E-state index in [-0.39, 0.29) is 18.1 Å². The summed E-state index contributed by atoms with van der Waals surface area (Å²) in [6, 6.07) is 12.0. The van der Waals surface area contributed by atoms with Gasteiger partial charge in [0.1, 0.15) is 12.4 Å². The fraction of sp³-hybridized carbons (Fsp3) is 0.0714. The lowest BCUT2D eigenvalue weighted by atomic mass is 10.2. The van der Waals surface area contributed by atoms with Crippen LogP contribution in [0.5, 0.6) is 0 Å². The van der Waals surface area contributed by atoms with Crippen LogP contribution < -0.4 is 0 Å². The summed E-state index contributed by atoms with van der Waals surface area (Å²) < 4.78 is 12.9. The highest BCUT2D eigenvalue weighted by atomic mass is 19.1. The predicted molar refractivity (Wildman–Crippen MR) is 71.9 cm³/mol. The van der Waals surface area contributed by atoms with Crippen molar-refractivity contribution in [2.75, 3.05) is 0 Å². The van der Waals surface area contributed by atoms with Crippen LogP contribution >= 0.6 is 0 Å². The predicted octanol–water partition coefficient (Wildman–Crippen LogP) is 3.28. The van der Waals surface area contributed by atoms with Crippen molar-refractivity contribution in [2.24, 2.45) is 5.16 Å². The molecule has 20 heavy (non-hydrogen) atoms. The Hall–Kier alpha value is -2.76. The summed E-state index contributed by atoms with van der Waals surface area (Å²) in [4.78, 5) is 15.1. The second kappa shape index (κ2) is 6.42. The summed E-state index contributed by atoms with van der Waals surface area (Å²) in [6.45, 7) is 0.128. The van der Waals surface area contributed by atoms with Gasteiger partial charge in [-0.2, -0.15) is 0 Å². The number of hydrogen-bond donors (Lipinski definition) is 0. The maximum atomic E-state index is 12.9. The van der Waals surface area contributed by atoms with E-state index in [0.717, 1.165) is 0 Å². The number of rotatable bonds is 5. The summed E-state index contributed by atoms with van der Waals surface area (Å²) in [5, 5.41) is 14.3. The van der Waals surface area contributed by atoms with Crippen LogP contribution in [0.1, 0.15) is 11.1 Å². The van der Waals surface area contributed by atoms with E-state index in [1.54, 1.807) is 24.3 Å². The molecule has 5 nitrogen and oxygen atoms in total. The van der Waals surface area contributed by atoms with E-state index in [0.29, 0.717) is 11.1 Å². The highest BCUT2D eigenvalue weighted by Crippen LogP contribution is 2.11. The Morgan fingerprint density at radius 1 is 1.25 bits per heavy atom. The zero-order valence-corrected chi connectivity index (χ0v) is 10.4. The maximum Gasteiger partial charge on any atom is 0.270 e. The number of non-ortho nitro benzene ring substituents is 1. The molecule has 0 aliphatic rings. The van der Waals surface area contributed by atoms with Crippen molar-refractivity contribution in [3.8, 4) is 0 Å². The summed E-state index contributed by atoms with van der Waals surface area (Å²) in [5.41, 5.74) is 1.19. The van der Waals surface area contributed by atoms with Gasteiger partial charge >= 0.3 is 0 Å². The van der Waals surface area contributed by atoms with E-state index >= 15 is 0 Å². The summed E-state index contributed by atoms with van der Waals surface area (Å²) >= 11 is 0. The minimum Gasteiger partial charge on any atom is -0.391 e. The highest BCUT2D eigenvalue weighted by molar-refractivity contribution is 5.80. The molecule has 0 heterocycles. The number of benzene rings is 2. The van der Waals surface area contributed by atoms with Crippen molar-refractivity contribution in [2.45, 2.75) is 6.61 Å². The summed E-state index contributed by atoms with van der Waals surface area (Å²) in [7, 11) is 0. The lowest BCUT2D eigenvalue weighted by Gasteiger charge is -1.99. The smallest absolute Gasteiger partial charge is 0.270 e. The summed E-state index contributed by atoms with van der Waals surface area (Å²) in [5.74, 6) is -0.339. The fourth-order valence-corrected chi connectivity index (χ4v) is 1.56. The van der Waals surface area contributed by atoms with Crippen molar-refractivity contribution >= 4 is 11.9 Å². The molecule has 0 unspecified atom stereocenters. The van der Waals surface area contributed by atoms with Crippen molar-refractivity contribution < 1.29 is 14.2 Å². The van der Waals surface area contributed by atoms with Crippen molar-refractivity contribution in [3.05, 3.63) is 75.6 Å². The molecule has 0 aliphatic heterocycles. The Labute approximate surface area is 114 Å². The van der Waals surface area contributed by atoms with Crippen molar-refractivity contribution in [3.63, 3.8) is 0 Å². The molecule has 0 saturated carbocycles. The average Bonchev–Trinajstić information content (AvgIpc) is 2.44. The molecule has 102 valence electrons. The zero-order valence-electron chi connectivity index (χ0n) is 10.4. The molecule has 0 atom stereocenters. The Kier molecular flexibility index (Phi) is 4.39. The quantitative estimate of drug-likeness (QED) is 0.477. The summed E-state index contributed by atoms with van der Waals surface area (Å²) in [6.07, 6.45) is 1.37. The molecule has 0 aliphatic carbocycles. The van der Waals surface area contributed by atoms with Crippen LogP contribution in [0, 0.1) is 15.9 Å². The van der Waals surface area contributed by atoms with Gasteiger partial charge in [0.05, 0.1) is 11.1 Å². The Morgan fingerprint density at radius 3 is 2.80 bits per heavy atom. The molecule has 0 aromatic heterocycles. The lowest BCUT2D eigenvalue weighted by molar-refractivity contribution is -0.384. The van der Waals surface area contributed by atoms with Gasteiger partial charge in [-0.3, -0.25) is 10.1 Å². The zero-order chi connectivity index (χ0) is 14.4. The number of oxime groups is 1. The topological polar surface area (TPSA) is 64.7 Å². The normalized spacial score (nSPS) is 10.7. The molecule has 0 spiro atoms. The van der Waals surface area contributed by atoms with Crippen LogP contribution in [-0.4, -0.2) is 11.1 Å². The minimum absolute atomic E-state index is 0.0147. The molecular formula is C14H11FN2O3. The molecule has 0 amide bonds. The van der Waals surface area contributed by atoms with Gasteiger partial charge in [-0.1, -0.05) is 29.4 Å². The van der Waals surface area contributed by atoms with E-state index in [2.05, 4.69) is 5.16 Å². The first-order chi connectivity index (χ1) is 9.65. The number of hydrogen-bond acceptors (Lipinski definition) is 4. The first-order valence-corrected chi connectivity index (χ1v) is 5.79. The van der Waals surface area contributed by atoms with Crippen molar-refractivity contribution in [1.82, 2.24) is 0 Å². The number of nitrogens with zero attached hydrogens (tertiary/aromatic N) is 2. The number of nitro groups is 1. The highest BCUT2D eigenvalue weighted by Gasteiger charge is 2.03. The first-order valence-electron chi connectivity index (χ1n) is 5.79. The Balaban J connectivity index is 1.93. The third kappa shape index (κ3) is 3.88. The molecule has 2 rings (SSSR count). The molecule has 0 saturated heterocycles. The standard InChI is InChI=1S/C14H11FN2O3/c15-13-5-1-4-12(7-13)10-20-16-9-11-3-2-6-14(8-11)17(18)19/h1-9H,10H2/b16-9+. The SMILES string of the molecule is O=[N+]([O-])c1cccc(/C=N/OCc2cccc(F)c2)c1. The molecule has 0 fully saturated rings. The van der Waals surface area contributed by atoms with Gasteiger partial charge in [0.25, 0.3) is 5.69 Å². The van der Waals surface area contributed by atoms with E-state index in [9.17, 15) is 14.5 Å². The maximum absolute atomic E-state index is 12.9. The molecule has 0 radical (unpaired) electrons.